The van der Waals surface area contributed by atoms with E-state index in [1.165, 1.54) is 4.90 Å². The Kier molecular flexibility index (Phi) is 9.82. The molecule has 0 saturated carbocycles. The van der Waals surface area contributed by atoms with Crippen molar-refractivity contribution in [2.45, 2.75) is 26.3 Å². The predicted molar refractivity (Wildman–Crippen MR) is 70.2 cm³/mol. The first kappa shape index (κ1) is 17.7. The van der Waals surface area contributed by atoms with Crippen molar-refractivity contribution in [1.82, 2.24) is 10.2 Å². The lowest BCUT2D eigenvalue weighted by Gasteiger charge is -2.26. The van der Waals surface area contributed by atoms with Crippen molar-refractivity contribution in [2.75, 3.05) is 40.0 Å². The van der Waals surface area contributed by atoms with Gasteiger partial charge in [0.2, 0.25) is 0 Å². The van der Waals surface area contributed by atoms with E-state index in [1.54, 1.807) is 7.11 Å². The first-order valence-electron chi connectivity index (χ1n) is 6.32. The van der Waals surface area contributed by atoms with Gasteiger partial charge in [0.25, 0.3) is 0 Å². The molecule has 0 heterocycles. The lowest BCUT2D eigenvalue weighted by Crippen LogP contribution is -2.45. The zero-order chi connectivity index (χ0) is 14.7. The Morgan fingerprint density at radius 3 is 2.47 bits per heavy atom. The lowest BCUT2D eigenvalue weighted by atomic mass is 10.3. The summed E-state index contributed by atoms with van der Waals surface area (Å²) in [5.41, 5.74) is 0. The van der Waals surface area contributed by atoms with Crippen LogP contribution < -0.4 is 5.32 Å². The van der Waals surface area contributed by atoms with Crippen LogP contribution in [0.3, 0.4) is 0 Å². The van der Waals surface area contributed by atoms with E-state index in [2.05, 4.69) is 5.32 Å². The topological polar surface area (TPSA) is 88.1 Å². The summed E-state index contributed by atoms with van der Waals surface area (Å²) >= 11 is 0. The van der Waals surface area contributed by atoms with Gasteiger partial charge in [0.05, 0.1) is 26.2 Å². The van der Waals surface area contributed by atoms with E-state index >= 15 is 0 Å². The van der Waals surface area contributed by atoms with Gasteiger partial charge in [-0.2, -0.15) is 0 Å². The summed E-state index contributed by atoms with van der Waals surface area (Å²) in [5, 5.41) is 11.3. The molecule has 7 nitrogen and oxygen atoms in total. The number of carboxylic acid groups (broad SMARTS) is 1. The van der Waals surface area contributed by atoms with Gasteiger partial charge in [0.1, 0.15) is 0 Å². The summed E-state index contributed by atoms with van der Waals surface area (Å²) in [5.74, 6) is -0.915. The maximum Gasteiger partial charge on any atom is 0.317 e. The first-order chi connectivity index (χ1) is 8.99. The Morgan fingerprint density at radius 1 is 1.26 bits per heavy atom. The molecule has 0 saturated heterocycles. The molecule has 19 heavy (non-hydrogen) atoms. The molecule has 0 unspecified atom stereocenters. The normalized spacial score (nSPS) is 10.5. The second-order valence-electron chi connectivity index (χ2n) is 4.27. The van der Waals surface area contributed by atoms with Crippen LogP contribution in [0.15, 0.2) is 0 Å². The second-order valence-corrected chi connectivity index (χ2v) is 4.27. The van der Waals surface area contributed by atoms with Gasteiger partial charge in [-0.3, -0.25) is 4.79 Å². The molecule has 2 amide bonds. The van der Waals surface area contributed by atoms with Crippen molar-refractivity contribution in [3.63, 3.8) is 0 Å². The van der Waals surface area contributed by atoms with Crippen molar-refractivity contribution >= 4 is 12.0 Å². The number of urea groups is 1. The fraction of sp³-hybridized carbons (Fsp3) is 0.833. The lowest BCUT2D eigenvalue weighted by molar-refractivity contribution is -0.137. The summed E-state index contributed by atoms with van der Waals surface area (Å²) < 4.78 is 10.0. The molecule has 7 heteroatoms. The van der Waals surface area contributed by atoms with Gasteiger partial charge in [0, 0.05) is 26.2 Å². The van der Waals surface area contributed by atoms with E-state index in [1.807, 2.05) is 13.8 Å². The number of methoxy groups -OCH3 is 1. The van der Waals surface area contributed by atoms with Gasteiger partial charge < -0.3 is 24.8 Å². The van der Waals surface area contributed by atoms with E-state index in [-0.39, 0.29) is 25.0 Å². The van der Waals surface area contributed by atoms with E-state index in [9.17, 15) is 9.59 Å². The maximum absolute atomic E-state index is 11.8. The average Bonchev–Trinajstić information content (AvgIpc) is 2.33. The zero-order valence-corrected chi connectivity index (χ0v) is 11.8. The molecule has 0 bridgehead atoms. The highest BCUT2D eigenvalue weighted by molar-refractivity contribution is 5.75. The van der Waals surface area contributed by atoms with E-state index in [4.69, 9.17) is 14.6 Å². The van der Waals surface area contributed by atoms with Gasteiger partial charge >= 0.3 is 12.0 Å². The molecule has 0 aromatic rings. The van der Waals surface area contributed by atoms with Crippen LogP contribution in [-0.4, -0.2) is 68.1 Å². The molecular formula is C12H24N2O5. The summed E-state index contributed by atoms with van der Waals surface area (Å²) in [6, 6.07) is -0.319. The molecule has 0 spiro atoms. The molecule has 0 aromatic heterocycles. The molecule has 112 valence electrons. The molecular weight excluding hydrogens is 252 g/mol. The van der Waals surface area contributed by atoms with Crippen LogP contribution in [0.5, 0.6) is 0 Å². The molecule has 0 atom stereocenters. The third-order valence-electron chi connectivity index (χ3n) is 2.41. The highest BCUT2D eigenvalue weighted by Crippen LogP contribution is 2.00. The first-order valence-corrected chi connectivity index (χ1v) is 6.32. The third-order valence-corrected chi connectivity index (χ3v) is 2.41. The number of carbonyl (C=O) groups is 2. The van der Waals surface area contributed by atoms with Crippen LogP contribution in [0.2, 0.25) is 0 Å². The summed E-state index contributed by atoms with van der Waals surface area (Å²) in [6.07, 6.45) is -0.0596. The number of nitrogens with one attached hydrogen (secondary N) is 1. The number of aliphatic carboxylic acids is 1. The Bertz CT molecular complexity index is 271. The SMILES string of the molecule is COCCOCCNC(=O)N(CCC(=O)O)C(C)C. The minimum Gasteiger partial charge on any atom is -0.481 e. The van der Waals surface area contributed by atoms with Crippen molar-refractivity contribution in [1.29, 1.82) is 0 Å². The monoisotopic (exact) mass is 276 g/mol. The number of nitrogens with zero attached hydrogens (tertiary/aromatic N) is 1. The number of carboxylic acids is 1. The van der Waals surface area contributed by atoms with Gasteiger partial charge in [-0.25, -0.2) is 4.79 Å². The van der Waals surface area contributed by atoms with Crippen LogP contribution in [0.25, 0.3) is 0 Å². The second kappa shape index (κ2) is 10.6. The number of amides is 2. The Hall–Kier alpha value is -1.34. The highest BCUT2D eigenvalue weighted by Gasteiger charge is 2.17. The van der Waals surface area contributed by atoms with Crippen molar-refractivity contribution in [3.8, 4) is 0 Å². The van der Waals surface area contributed by atoms with Gasteiger partial charge in [-0.15, -0.1) is 0 Å². The van der Waals surface area contributed by atoms with Crippen molar-refractivity contribution in [3.05, 3.63) is 0 Å². The molecule has 2 N–H and O–H groups in total. The van der Waals surface area contributed by atoms with E-state index in [0.29, 0.717) is 26.4 Å². The standard InChI is InChI=1S/C12H24N2O5/c1-10(2)14(6-4-11(15)16)12(17)13-5-7-19-9-8-18-3/h10H,4-9H2,1-3H3,(H,13,17)(H,15,16). The Morgan fingerprint density at radius 2 is 1.95 bits per heavy atom. The highest BCUT2D eigenvalue weighted by atomic mass is 16.5. The van der Waals surface area contributed by atoms with Gasteiger partial charge in [-0.1, -0.05) is 0 Å². The minimum absolute atomic E-state index is 0.0474. The summed E-state index contributed by atoms with van der Waals surface area (Å²) in [7, 11) is 1.59. The van der Waals surface area contributed by atoms with Crippen LogP contribution in [0.1, 0.15) is 20.3 Å². The fourth-order valence-electron chi connectivity index (χ4n) is 1.39. The van der Waals surface area contributed by atoms with Gasteiger partial charge in [-0.05, 0) is 13.8 Å². The van der Waals surface area contributed by atoms with E-state index in [0.717, 1.165) is 0 Å². The van der Waals surface area contributed by atoms with Crippen LogP contribution in [0.4, 0.5) is 4.79 Å². The molecule has 0 radical (unpaired) electrons. The van der Waals surface area contributed by atoms with Crippen molar-refractivity contribution in [2.24, 2.45) is 0 Å². The Balaban J connectivity index is 3.88. The largest absolute Gasteiger partial charge is 0.481 e. The van der Waals surface area contributed by atoms with Crippen LogP contribution >= 0.6 is 0 Å². The minimum atomic E-state index is -0.915. The molecule has 0 aliphatic heterocycles. The molecule has 0 aromatic carbocycles. The number of hydrogen-bond donors (Lipinski definition) is 2. The quantitative estimate of drug-likeness (QED) is 0.569. The fourth-order valence-corrected chi connectivity index (χ4v) is 1.39. The smallest absolute Gasteiger partial charge is 0.317 e. The molecule has 0 aliphatic rings. The number of hydrogen-bond acceptors (Lipinski definition) is 4. The van der Waals surface area contributed by atoms with Crippen molar-refractivity contribution < 1.29 is 24.2 Å². The third kappa shape index (κ3) is 9.26. The van der Waals surface area contributed by atoms with Crippen LogP contribution in [0, 0.1) is 0 Å². The van der Waals surface area contributed by atoms with Crippen LogP contribution in [-0.2, 0) is 14.3 Å². The molecule has 0 rings (SSSR count). The summed E-state index contributed by atoms with van der Waals surface area (Å²) in [4.78, 5) is 23.8. The van der Waals surface area contributed by atoms with Gasteiger partial charge in [0.15, 0.2) is 0 Å². The predicted octanol–water partition coefficient (Wildman–Crippen LogP) is 0.544. The summed E-state index contributed by atoms with van der Waals surface area (Å²) in [6.45, 7) is 5.68. The molecule has 0 aliphatic carbocycles. The number of rotatable bonds is 10. The number of ether oxygens (including phenoxy) is 2. The Labute approximate surface area is 113 Å². The zero-order valence-electron chi connectivity index (χ0n) is 11.8. The van der Waals surface area contributed by atoms with E-state index < -0.39 is 5.97 Å². The average molecular weight is 276 g/mol. The number of carbonyl (C=O) groups excluding carboxylic acids is 1. The molecule has 0 fully saturated rings. The maximum atomic E-state index is 11.8.